The van der Waals surface area contributed by atoms with Gasteiger partial charge in [0.2, 0.25) is 0 Å². The van der Waals surface area contributed by atoms with Crippen LogP contribution in [0.4, 0.5) is 4.79 Å². The van der Waals surface area contributed by atoms with Crippen molar-refractivity contribution in [2.75, 3.05) is 26.2 Å². The molecule has 1 aromatic heterocycles. The quantitative estimate of drug-likeness (QED) is 0.742. The van der Waals surface area contributed by atoms with Gasteiger partial charge >= 0.3 is 12.0 Å². The van der Waals surface area contributed by atoms with Gasteiger partial charge in [-0.05, 0) is 38.6 Å². The van der Waals surface area contributed by atoms with Crippen LogP contribution in [-0.2, 0) is 11.2 Å². The number of carboxylic acids is 1. The van der Waals surface area contributed by atoms with E-state index in [0.717, 1.165) is 62.4 Å². The number of carbonyl (C=O) groups excluding carboxylic acids is 1. The van der Waals surface area contributed by atoms with E-state index in [0.29, 0.717) is 5.92 Å². The number of carboxylic acid groups (broad SMARTS) is 1. The van der Waals surface area contributed by atoms with Crippen molar-refractivity contribution in [2.45, 2.75) is 64.0 Å². The van der Waals surface area contributed by atoms with Gasteiger partial charge in [0.05, 0.1) is 17.2 Å². The van der Waals surface area contributed by atoms with Gasteiger partial charge in [0.25, 0.3) is 0 Å². The third kappa shape index (κ3) is 4.99. The van der Waals surface area contributed by atoms with Gasteiger partial charge in [-0.2, -0.15) is 0 Å². The predicted molar refractivity (Wildman–Crippen MR) is 105 cm³/mol. The van der Waals surface area contributed by atoms with Crippen LogP contribution in [0, 0.1) is 0 Å². The van der Waals surface area contributed by atoms with Gasteiger partial charge in [-0.3, -0.25) is 9.69 Å². The van der Waals surface area contributed by atoms with Crippen molar-refractivity contribution < 1.29 is 14.7 Å². The smallest absolute Gasteiger partial charge is 0.317 e. The molecule has 2 amide bonds. The van der Waals surface area contributed by atoms with Gasteiger partial charge in [-0.25, -0.2) is 9.78 Å². The Balaban J connectivity index is 1.46. The highest BCUT2D eigenvalue weighted by Gasteiger charge is 2.36. The summed E-state index contributed by atoms with van der Waals surface area (Å²) in [5, 5.41) is 15.4. The molecule has 2 fully saturated rings. The number of amides is 2. The normalized spacial score (nSPS) is 25.3. The van der Waals surface area contributed by atoms with Crippen LogP contribution in [0.15, 0.2) is 5.38 Å². The van der Waals surface area contributed by atoms with Crippen molar-refractivity contribution in [1.29, 1.82) is 0 Å². The molecule has 2 heterocycles. The maximum Gasteiger partial charge on any atom is 0.317 e. The van der Waals surface area contributed by atoms with E-state index >= 15 is 0 Å². The van der Waals surface area contributed by atoms with Gasteiger partial charge in [-0.1, -0.05) is 13.8 Å². The van der Waals surface area contributed by atoms with Crippen LogP contribution in [0.1, 0.15) is 56.2 Å². The minimum atomic E-state index is -0.794. The monoisotopic (exact) mass is 394 g/mol. The van der Waals surface area contributed by atoms with Crippen LogP contribution < -0.4 is 5.32 Å². The lowest BCUT2D eigenvalue weighted by atomic mass is 9.85. The molecule has 1 atom stereocenters. The Bertz CT molecular complexity index is 659. The number of carbonyl (C=O) groups is 2. The Hall–Kier alpha value is -1.67. The molecule has 1 aromatic rings. The van der Waals surface area contributed by atoms with E-state index in [1.807, 2.05) is 16.7 Å². The van der Waals surface area contributed by atoms with E-state index in [1.165, 1.54) is 0 Å². The lowest BCUT2D eigenvalue weighted by Gasteiger charge is -2.43. The fourth-order valence-corrected chi connectivity index (χ4v) is 5.01. The van der Waals surface area contributed by atoms with Crippen LogP contribution in [0.25, 0.3) is 0 Å². The molecule has 2 aliphatic rings. The van der Waals surface area contributed by atoms with E-state index in [9.17, 15) is 9.59 Å². The minimum absolute atomic E-state index is 0.0108. The second kappa shape index (κ2) is 9.01. The Kier molecular flexibility index (Phi) is 6.70. The summed E-state index contributed by atoms with van der Waals surface area (Å²) in [5.74, 6) is -0.452. The van der Waals surface area contributed by atoms with Crippen LogP contribution in [0.5, 0.6) is 0 Å². The van der Waals surface area contributed by atoms with Crippen LogP contribution in [0.3, 0.4) is 0 Å². The van der Waals surface area contributed by atoms with Crippen molar-refractivity contribution in [3.63, 3.8) is 0 Å². The summed E-state index contributed by atoms with van der Waals surface area (Å²) < 4.78 is 0. The van der Waals surface area contributed by atoms with E-state index in [2.05, 4.69) is 17.6 Å². The Morgan fingerprint density at radius 3 is 2.81 bits per heavy atom. The molecular formula is C19H30N4O3S. The maximum absolute atomic E-state index is 12.7. The average Bonchev–Trinajstić information content (AvgIpc) is 3.11. The zero-order chi connectivity index (χ0) is 19.4. The highest BCUT2D eigenvalue weighted by Crippen LogP contribution is 2.30. The van der Waals surface area contributed by atoms with E-state index in [1.54, 1.807) is 11.3 Å². The molecule has 1 unspecified atom stereocenters. The zero-order valence-electron chi connectivity index (χ0n) is 16.2. The van der Waals surface area contributed by atoms with Gasteiger partial charge in [0, 0.05) is 36.5 Å². The molecule has 1 aliphatic carbocycles. The first-order valence-electron chi connectivity index (χ1n) is 9.95. The van der Waals surface area contributed by atoms with E-state index in [-0.39, 0.29) is 24.7 Å². The number of likely N-dealkylation sites (tertiary alicyclic amines) is 1. The maximum atomic E-state index is 12.7. The topological polar surface area (TPSA) is 85.8 Å². The first-order chi connectivity index (χ1) is 13.0. The zero-order valence-corrected chi connectivity index (χ0v) is 17.0. The van der Waals surface area contributed by atoms with Gasteiger partial charge in [0.15, 0.2) is 0 Å². The van der Waals surface area contributed by atoms with E-state index < -0.39 is 5.97 Å². The summed E-state index contributed by atoms with van der Waals surface area (Å²) in [6, 6.07) is 0.419. The Morgan fingerprint density at radius 2 is 2.19 bits per heavy atom. The summed E-state index contributed by atoms with van der Waals surface area (Å²) in [6.07, 6.45) is 4.71. The van der Waals surface area contributed by atoms with Crippen molar-refractivity contribution in [1.82, 2.24) is 20.1 Å². The molecule has 0 aromatic carbocycles. The summed E-state index contributed by atoms with van der Waals surface area (Å²) in [4.78, 5) is 32.2. The molecule has 0 radical (unpaired) electrons. The fourth-order valence-electron chi connectivity index (χ4n) is 3.98. The number of hydrogen-bond acceptors (Lipinski definition) is 5. The molecule has 3 rings (SSSR count). The Morgan fingerprint density at radius 1 is 1.41 bits per heavy atom. The van der Waals surface area contributed by atoms with Gasteiger partial charge in [-0.15, -0.1) is 11.3 Å². The number of piperidine rings is 1. The highest BCUT2D eigenvalue weighted by atomic mass is 32.1. The average molecular weight is 395 g/mol. The number of nitrogens with zero attached hydrogens (tertiary/aromatic N) is 3. The lowest BCUT2D eigenvalue weighted by Crippen LogP contribution is -2.57. The van der Waals surface area contributed by atoms with Crippen molar-refractivity contribution in [2.24, 2.45) is 0 Å². The molecule has 150 valence electrons. The van der Waals surface area contributed by atoms with Crippen molar-refractivity contribution >= 4 is 23.3 Å². The summed E-state index contributed by atoms with van der Waals surface area (Å²) >= 11 is 1.71. The largest absolute Gasteiger partial charge is 0.480 e. The third-order valence-corrected chi connectivity index (χ3v) is 6.75. The van der Waals surface area contributed by atoms with Gasteiger partial charge < -0.3 is 15.3 Å². The van der Waals surface area contributed by atoms with Crippen molar-refractivity contribution in [3.05, 3.63) is 16.1 Å². The number of nitrogens with one attached hydrogen (secondary N) is 1. The Labute approximate surface area is 164 Å². The van der Waals surface area contributed by atoms with Crippen LogP contribution >= 0.6 is 11.3 Å². The number of aliphatic carboxylic acids is 1. The van der Waals surface area contributed by atoms with Gasteiger partial charge in [0.1, 0.15) is 0 Å². The molecule has 0 spiro atoms. The van der Waals surface area contributed by atoms with Crippen LogP contribution in [-0.4, -0.2) is 70.2 Å². The first-order valence-corrected chi connectivity index (χ1v) is 10.8. The molecule has 8 heteroatoms. The number of hydrogen-bond donors (Lipinski definition) is 2. The molecule has 1 saturated carbocycles. The SMILES string of the molecule is CCc1csc(C2CCCN(C(=O)NC3CC(N(CC)CC(=O)O)C3)C2)n1. The minimum Gasteiger partial charge on any atom is -0.480 e. The molecule has 0 bridgehead atoms. The first kappa shape index (κ1) is 20.1. The van der Waals surface area contributed by atoms with Crippen molar-refractivity contribution in [3.8, 4) is 0 Å². The summed E-state index contributed by atoms with van der Waals surface area (Å²) in [5.41, 5.74) is 1.14. The number of thiazole rings is 1. The second-order valence-corrected chi connectivity index (χ2v) is 8.43. The number of likely N-dealkylation sites (N-methyl/N-ethyl adjacent to an activating group) is 1. The van der Waals surface area contributed by atoms with Crippen LogP contribution in [0.2, 0.25) is 0 Å². The number of urea groups is 1. The molecule has 2 N–H and O–H groups in total. The molecule has 27 heavy (non-hydrogen) atoms. The predicted octanol–water partition coefficient (Wildman–Crippen LogP) is 2.53. The molecule has 1 saturated heterocycles. The summed E-state index contributed by atoms with van der Waals surface area (Å²) in [7, 11) is 0. The number of rotatable bonds is 7. The highest BCUT2D eigenvalue weighted by molar-refractivity contribution is 7.09. The third-order valence-electron chi connectivity index (χ3n) is 5.69. The summed E-state index contributed by atoms with van der Waals surface area (Å²) in [6.45, 7) is 6.41. The molecule has 7 nitrogen and oxygen atoms in total. The number of aryl methyl sites for hydroxylation is 1. The standard InChI is InChI=1S/C19H30N4O3S/c1-3-14-12-27-18(20-14)13-6-5-7-23(10-13)19(26)21-15-8-16(9-15)22(4-2)11-17(24)25/h12-13,15-16H,3-11H2,1-2H3,(H,21,26)(H,24,25). The lowest BCUT2D eigenvalue weighted by molar-refractivity contribution is -0.139. The number of aromatic nitrogens is 1. The molecule has 1 aliphatic heterocycles. The molecular weight excluding hydrogens is 364 g/mol. The van der Waals surface area contributed by atoms with E-state index in [4.69, 9.17) is 10.1 Å². The fraction of sp³-hybridized carbons (Fsp3) is 0.737. The second-order valence-electron chi connectivity index (χ2n) is 7.54.